The van der Waals surface area contributed by atoms with Gasteiger partial charge in [-0.05, 0) is 70.6 Å². The van der Waals surface area contributed by atoms with Gasteiger partial charge in [-0.3, -0.25) is 14.4 Å². The predicted octanol–water partition coefficient (Wildman–Crippen LogP) is 16.1. The zero-order chi connectivity index (χ0) is 43.0. The first-order valence-corrected chi connectivity index (χ1v) is 24.8. The Hall–Kier alpha value is -2.89. The molecule has 0 aromatic carbocycles. The number of unbranched alkanes of at least 4 members (excludes halogenated alkanes) is 25. The third-order valence-electron chi connectivity index (χ3n) is 10.6. The maximum Gasteiger partial charge on any atom is 0.306 e. The Labute approximate surface area is 364 Å². The highest BCUT2D eigenvalue weighted by Gasteiger charge is 2.19. The van der Waals surface area contributed by atoms with Crippen LogP contribution in [0.2, 0.25) is 0 Å². The van der Waals surface area contributed by atoms with E-state index in [1.807, 2.05) is 0 Å². The molecule has 0 amide bonds. The van der Waals surface area contributed by atoms with Gasteiger partial charge < -0.3 is 14.2 Å². The fourth-order valence-corrected chi connectivity index (χ4v) is 6.82. The number of carbonyl (C=O) groups excluding carboxylic acids is 3. The van der Waals surface area contributed by atoms with Gasteiger partial charge in [-0.15, -0.1) is 0 Å². The molecule has 0 spiro atoms. The Bertz CT molecular complexity index is 1090. The van der Waals surface area contributed by atoms with E-state index in [0.717, 1.165) is 83.5 Å². The Morgan fingerprint density at radius 2 is 0.729 bits per heavy atom. The molecule has 0 aliphatic carbocycles. The van der Waals surface area contributed by atoms with Crippen LogP contribution in [0.1, 0.15) is 239 Å². The summed E-state index contributed by atoms with van der Waals surface area (Å²) in [5.74, 6) is -0.902. The molecule has 0 N–H and O–H groups in total. The van der Waals surface area contributed by atoms with Gasteiger partial charge in [0.1, 0.15) is 13.2 Å². The number of esters is 3. The molecule has 0 saturated heterocycles. The summed E-state index contributed by atoms with van der Waals surface area (Å²) in [4.78, 5) is 37.8. The van der Waals surface area contributed by atoms with Crippen LogP contribution in [0.4, 0.5) is 0 Å². The van der Waals surface area contributed by atoms with E-state index in [1.165, 1.54) is 116 Å². The van der Waals surface area contributed by atoms with Crippen molar-refractivity contribution < 1.29 is 28.6 Å². The van der Waals surface area contributed by atoms with E-state index in [9.17, 15) is 14.4 Å². The Kier molecular flexibility index (Phi) is 45.4. The first kappa shape index (κ1) is 56.1. The highest BCUT2D eigenvalue weighted by atomic mass is 16.6. The molecule has 0 bridgehead atoms. The average molecular weight is 825 g/mol. The van der Waals surface area contributed by atoms with Crippen molar-refractivity contribution in [3.05, 3.63) is 60.8 Å². The van der Waals surface area contributed by atoms with Crippen molar-refractivity contribution in [2.75, 3.05) is 13.2 Å². The molecule has 0 aliphatic heterocycles. The van der Waals surface area contributed by atoms with Crippen molar-refractivity contribution in [2.24, 2.45) is 0 Å². The lowest BCUT2D eigenvalue weighted by Gasteiger charge is -2.18. The number of carbonyl (C=O) groups is 3. The molecular weight excluding hydrogens is 733 g/mol. The molecule has 0 rings (SSSR count). The highest BCUT2D eigenvalue weighted by molar-refractivity contribution is 5.71. The lowest BCUT2D eigenvalue weighted by Crippen LogP contribution is -2.30. The fourth-order valence-electron chi connectivity index (χ4n) is 6.82. The summed E-state index contributed by atoms with van der Waals surface area (Å²) < 4.78 is 16.7. The topological polar surface area (TPSA) is 78.9 Å². The van der Waals surface area contributed by atoms with Gasteiger partial charge in [0.05, 0.1) is 0 Å². The van der Waals surface area contributed by atoms with E-state index < -0.39 is 6.10 Å². The lowest BCUT2D eigenvalue weighted by molar-refractivity contribution is -0.167. The molecule has 1 unspecified atom stereocenters. The minimum Gasteiger partial charge on any atom is -0.462 e. The molecule has 0 radical (unpaired) electrons. The molecule has 0 aromatic heterocycles. The van der Waals surface area contributed by atoms with Gasteiger partial charge in [0.25, 0.3) is 0 Å². The summed E-state index contributed by atoms with van der Waals surface area (Å²) in [5.41, 5.74) is 0. The lowest BCUT2D eigenvalue weighted by atomic mass is 10.1. The second kappa shape index (κ2) is 47.8. The van der Waals surface area contributed by atoms with Crippen molar-refractivity contribution in [3.8, 4) is 0 Å². The smallest absolute Gasteiger partial charge is 0.306 e. The second-order valence-electron chi connectivity index (χ2n) is 16.4. The Balaban J connectivity index is 4.35. The third-order valence-corrected chi connectivity index (χ3v) is 10.6. The Morgan fingerprint density at radius 1 is 0.373 bits per heavy atom. The summed E-state index contributed by atoms with van der Waals surface area (Å²) in [6, 6.07) is 0. The second-order valence-corrected chi connectivity index (χ2v) is 16.4. The van der Waals surface area contributed by atoms with Crippen molar-refractivity contribution >= 4 is 17.9 Å². The quantitative estimate of drug-likeness (QED) is 0.0200. The molecular formula is C53H92O6. The maximum atomic E-state index is 12.8. The van der Waals surface area contributed by atoms with Crippen LogP contribution >= 0.6 is 0 Å². The summed E-state index contributed by atoms with van der Waals surface area (Å²) in [6.07, 6.45) is 57.7. The van der Waals surface area contributed by atoms with Gasteiger partial charge in [-0.25, -0.2) is 0 Å². The van der Waals surface area contributed by atoms with Gasteiger partial charge in [-0.1, -0.05) is 210 Å². The van der Waals surface area contributed by atoms with Crippen molar-refractivity contribution in [3.63, 3.8) is 0 Å². The van der Waals surface area contributed by atoms with E-state index >= 15 is 0 Å². The molecule has 0 fully saturated rings. The summed E-state index contributed by atoms with van der Waals surface area (Å²) in [5, 5.41) is 0. The fraction of sp³-hybridized carbons (Fsp3) is 0.755. The van der Waals surface area contributed by atoms with Gasteiger partial charge >= 0.3 is 17.9 Å². The minimum absolute atomic E-state index is 0.0807. The van der Waals surface area contributed by atoms with E-state index in [4.69, 9.17) is 14.2 Å². The zero-order valence-corrected chi connectivity index (χ0v) is 38.8. The molecule has 6 heteroatoms. The number of rotatable bonds is 44. The van der Waals surface area contributed by atoms with E-state index in [2.05, 4.69) is 81.5 Å². The maximum absolute atomic E-state index is 12.8. The summed E-state index contributed by atoms with van der Waals surface area (Å²) in [6.45, 7) is 6.45. The molecule has 6 nitrogen and oxygen atoms in total. The van der Waals surface area contributed by atoms with Crippen molar-refractivity contribution in [1.29, 1.82) is 0 Å². The van der Waals surface area contributed by atoms with Crippen LogP contribution in [0.25, 0.3) is 0 Å². The summed E-state index contributed by atoms with van der Waals surface area (Å²) in [7, 11) is 0. The number of hydrogen-bond acceptors (Lipinski definition) is 6. The molecule has 0 aromatic rings. The summed E-state index contributed by atoms with van der Waals surface area (Å²) >= 11 is 0. The van der Waals surface area contributed by atoms with Crippen LogP contribution in [0, 0.1) is 0 Å². The largest absolute Gasteiger partial charge is 0.462 e. The van der Waals surface area contributed by atoms with Crippen molar-refractivity contribution in [1.82, 2.24) is 0 Å². The molecule has 1 atom stereocenters. The van der Waals surface area contributed by atoms with E-state index in [-0.39, 0.29) is 31.1 Å². The zero-order valence-electron chi connectivity index (χ0n) is 38.8. The minimum atomic E-state index is -0.780. The molecule has 0 saturated carbocycles. The SMILES string of the molecule is CC\C=C/C=C\C=C/CCCCCCCCCC(=O)OC(COC(=O)CCCCCCCCC/C=C\C/C=C\CCCCC)COC(=O)CCCCCCCCCCC. The molecule has 340 valence electrons. The molecule has 59 heavy (non-hydrogen) atoms. The Morgan fingerprint density at radius 3 is 1.19 bits per heavy atom. The van der Waals surface area contributed by atoms with Crippen LogP contribution in [-0.4, -0.2) is 37.2 Å². The highest BCUT2D eigenvalue weighted by Crippen LogP contribution is 2.14. The van der Waals surface area contributed by atoms with Crippen LogP contribution < -0.4 is 0 Å². The first-order valence-electron chi connectivity index (χ1n) is 24.8. The monoisotopic (exact) mass is 825 g/mol. The van der Waals surface area contributed by atoms with Gasteiger partial charge in [0, 0.05) is 19.3 Å². The van der Waals surface area contributed by atoms with Gasteiger partial charge in [0.2, 0.25) is 0 Å². The molecule has 0 aliphatic rings. The van der Waals surface area contributed by atoms with Crippen LogP contribution in [0.3, 0.4) is 0 Å². The first-order chi connectivity index (χ1) is 29.0. The van der Waals surface area contributed by atoms with Crippen molar-refractivity contribution in [2.45, 2.75) is 245 Å². The normalized spacial score (nSPS) is 12.5. The third kappa shape index (κ3) is 46.0. The standard InChI is InChI=1S/C53H92O6/c1-4-7-10-13-16-19-21-23-25-26-28-29-31-34-37-40-43-46-52(55)58-49-50(48-57-51(54)45-42-39-36-33-18-15-12-9-6-3)59-53(56)47-44-41-38-35-32-30-27-24-22-20-17-14-11-8-5-2/h8,11,14,16-17,19-20,22-23,25,50H,4-7,9-10,12-13,15,18,21,24,26-49H2,1-3H3/b11-8-,17-14-,19-16-,22-20-,25-23-. The van der Waals surface area contributed by atoms with Crippen LogP contribution in [-0.2, 0) is 28.6 Å². The van der Waals surface area contributed by atoms with E-state index in [0.29, 0.717) is 19.3 Å². The van der Waals surface area contributed by atoms with Crippen LogP contribution in [0.5, 0.6) is 0 Å². The van der Waals surface area contributed by atoms with Crippen LogP contribution in [0.15, 0.2) is 60.8 Å². The average Bonchev–Trinajstić information content (AvgIpc) is 3.23. The van der Waals surface area contributed by atoms with Gasteiger partial charge in [-0.2, -0.15) is 0 Å². The van der Waals surface area contributed by atoms with Gasteiger partial charge in [0.15, 0.2) is 6.10 Å². The molecule has 0 heterocycles. The number of hydrogen-bond donors (Lipinski definition) is 0. The number of ether oxygens (including phenoxy) is 3. The van der Waals surface area contributed by atoms with E-state index in [1.54, 1.807) is 0 Å². The predicted molar refractivity (Wildman–Crippen MR) is 251 cm³/mol. The number of allylic oxidation sites excluding steroid dienone is 10.